The van der Waals surface area contributed by atoms with Crippen LogP contribution in [0.4, 0.5) is 21.5 Å². The van der Waals surface area contributed by atoms with Crippen molar-refractivity contribution in [2.75, 3.05) is 22.5 Å². The maximum atomic E-state index is 13.1. The Hall–Kier alpha value is -2.60. The molecule has 2 amide bonds. The lowest BCUT2D eigenvalue weighted by molar-refractivity contribution is -0.115. The Morgan fingerprint density at radius 3 is 2.46 bits per heavy atom. The van der Waals surface area contributed by atoms with Crippen LogP contribution in [0.3, 0.4) is 0 Å². The van der Waals surface area contributed by atoms with Crippen molar-refractivity contribution in [3.63, 3.8) is 0 Å². The first-order valence-electron chi connectivity index (χ1n) is 7.22. The zero-order valence-electron chi connectivity index (χ0n) is 13.2. The smallest absolute Gasteiger partial charge is 0.243 e. The molecule has 0 heterocycles. The van der Waals surface area contributed by atoms with Crippen molar-refractivity contribution in [1.82, 2.24) is 0 Å². The molecule has 2 rings (SSSR count). The first kappa shape index (κ1) is 17.7. The fourth-order valence-corrected chi connectivity index (χ4v) is 2.20. The van der Waals surface area contributed by atoms with Crippen molar-refractivity contribution in [3.8, 4) is 0 Å². The molecule has 0 radical (unpaired) electrons. The Morgan fingerprint density at radius 1 is 1.08 bits per heavy atom. The summed E-state index contributed by atoms with van der Waals surface area (Å²) in [5.41, 5.74) is 2.70. The molecule has 0 atom stereocenters. The third-order valence-corrected chi connectivity index (χ3v) is 3.49. The third kappa shape index (κ3) is 4.96. The van der Waals surface area contributed by atoms with Gasteiger partial charge in [-0.15, -0.1) is 0 Å². The number of hydrogen-bond acceptors (Lipinski definition) is 3. The van der Waals surface area contributed by atoms with Crippen molar-refractivity contribution in [3.05, 3.63) is 52.8 Å². The SMILES string of the molecule is CC(=O)Nc1cc(NCC(=O)Nc2ccc(F)c(Cl)c2)ccc1C. The van der Waals surface area contributed by atoms with Gasteiger partial charge in [0, 0.05) is 24.0 Å². The number of rotatable bonds is 5. The molecule has 0 spiro atoms. The van der Waals surface area contributed by atoms with Crippen molar-refractivity contribution in [1.29, 1.82) is 0 Å². The second kappa shape index (κ2) is 7.79. The zero-order valence-corrected chi connectivity index (χ0v) is 14.0. The lowest BCUT2D eigenvalue weighted by atomic mass is 10.1. The van der Waals surface area contributed by atoms with Crippen LogP contribution >= 0.6 is 11.6 Å². The molecule has 7 heteroatoms. The minimum Gasteiger partial charge on any atom is -0.376 e. The maximum absolute atomic E-state index is 13.1. The normalized spacial score (nSPS) is 10.2. The van der Waals surface area contributed by atoms with Crippen molar-refractivity contribution in [2.45, 2.75) is 13.8 Å². The fraction of sp³-hybridized carbons (Fsp3) is 0.176. The molecule has 0 aliphatic carbocycles. The largest absolute Gasteiger partial charge is 0.376 e. The highest BCUT2D eigenvalue weighted by atomic mass is 35.5. The molecule has 5 nitrogen and oxygen atoms in total. The molecule has 0 aromatic heterocycles. The lowest BCUT2D eigenvalue weighted by Gasteiger charge is -2.11. The molecule has 126 valence electrons. The van der Waals surface area contributed by atoms with Crippen LogP contribution in [-0.2, 0) is 9.59 Å². The molecule has 0 aliphatic heterocycles. The van der Waals surface area contributed by atoms with Gasteiger partial charge >= 0.3 is 0 Å². The second-order valence-electron chi connectivity index (χ2n) is 5.24. The zero-order chi connectivity index (χ0) is 17.7. The van der Waals surface area contributed by atoms with E-state index < -0.39 is 5.82 Å². The quantitative estimate of drug-likeness (QED) is 0.769. The van der Waals surface area contributed by atoms with Gasteiger partial charge in [-0.25, -0.2) is 4.39 Å². The lowest BCUT2D eigenvalue weighted by Crippen LogP contribution is -2.21. The first-order valence-corrected chi connectivity index (χ1v) is 7.60. The molecule has 2 aromatic carbocycles. The Labute approximate surface area is 144 Å². The van der Waals surface area contributed by atoms with Gasteiger partial charge in [-0.05, 0) is 42.8 Å². The Morgan fingerprint density at radius 2 is 1.79 bits per heavy atom. The molecule has 0 saturated heterocycles. The van der Waals surface area contributed by atoms with E-state index in [4.69, 9.17) is 11.6 Å². The summed E-state index contributed by atoms with van der Waals surface area (Å²) in [6.07, 6.45) is 0. The molecule has 0 fully saturated rings. The number of aryl methyl sites for hydroxylation is 1. The Kier molecular flexibility index (Phi) is 5.76. The van der Waals surface area contributed by atoms with E-state index >= 15 is 0 Å². The summed E-state index contributed by atoms with van der Waals surface area (Å²) in [5, 5.41) is 8.24. The average molecular weight is 350 g/mol. The van der Waals surface area contributed by atoms with Crippen LogP contribution in [0.15, 0.2) is 36.4 Å². The van der Waals surface area contributed by atoms with Crippen LogP contribution < -0.4 is 16.0 Å². The molecule has 2 aromatic rings. The molecular formula is C17H17ClFN3O2. The van der Waals surface area contributed by atoms with E-state index in [1.807, 2.05) is 19.1 Å². The van der Waals surface area contributed by atoms with Crippen molar-refractivity contribution < 1.29 is 14.0 Å². The number of nitrogens with one attached hydrogen (secondary N) is 3. The molecular weight excluding hydrogens is 333 g/mol. The van der Waals surface area contributed by atoms with Gasteiger partial charge in [0.2, 0.25) is 11.8 Å². The monoisotopic (exact) mass is 349 g/mol. The van der Waals surface area contributed by atoms with Crippen LogP contribution in [0.1, 0.15) is 12.5 Å². The van der Waals surface area contributed by atoms with E-state index in [1.165, 1.54) is 25.1 Å². The summed E-state index contributed by atoms with van der Waals surface area (Å²) < 4.78 is 13.1. The van der Waals surface area contributed by atoms with Crippen LogP contribution in [0.2, 0.25) is 5.02 Å². The van der Waals surface area contributed by atoms with Crippen LogP contribution in [0, 0.1) is 12.7 Å². The second-order valence-corrected chi connectivity index (χ2v) is 5.65. The number of carbonyl (C=O) groups excluding carboxylic acids is 2. The minimum atomic E-state index is -0.544. The van der Waals surface area contributed by atoms with Gasteiger partial charge < -0.3 is 16.0 Å². The van der Waals surface area contributed by atoms with Gasteiger partial charge in [-0.2, -0.15) is 0 Å². The highest BCUT2D eigenvalue weighted by Gasteiger charge is 2.07. The van der Waals surface area contributed by atoms with E-state index in [1.54, 1.807) is 6.07 Å². The highest BCUT2D eigenvalue weighted by Crippen LogP contribution is 2.21. The molecule has 0 bridgehead atoms. The first-order chi connectivity index (χ1) is 11.3. The average Bonchev–Trinajstić information content (AvgIpc) is 2.51. The van der Waals surface area contributed by atoms with E-state index in [-0.39, 0.29) is 23.4 Å². The van der Waals surface area contributed by atoms with E-state index in [2.05, 4.69) is 16.0 Å². The third-order valence-electron chi connectivity index (χ3n) is 3.20. The highest BCUT2D eigenvalue weighted by molar-refractivity contribution is 6.31. The van der Waals surface area contributed by atoms with Crippen LogP contribution in [0.25, 0.3) is 0 Å². The predicted molar refractivity (Wildman–Crippen MR) is 94.0 cm³/mol. The van der Waals surface area contributed by atoms with Crippen molar-refractivity contribution in [2.24, 2.45) is 0 Å². The summed E-state index contributed by atoms with van der Waals surface area (Å²) in [6, 6.07) is 9.35. The van der Waals surface area contributed by atoms with Gasteiger partial charge in [-0.1, -0.05) is 17.7 Å². The number of hydrogen-bond donors (Lipinski definition) is 3. The van der Waals surface area contributed by atoms with E-state index in [0.29, 0.717) is 17.1 Å². The summed E-state index contributed by atoms with van der Waals surface area (Å²) in [6.45, 7) is 3.32. The Balaban J connectivity index is 1.96. The van der Waals surface area contributed by atoms with E-state index in [0.717, 1.165) is 5.56 Å². The molecule has 0 aliphatic rings. The molecule has 0 unspecified atom stereocenters. The summed E-state index contributed by atoms with van der Waals surface area (Å²) in [7, 11) is 0. The molecule has 0 saturated carbocycles. The fourth-order valence-electron chi connectivity index (χ4n) is 2.02. The number of carbonyl (C=O) groups is 2. The summed E-state index contributed by atoms with van der Waals surface area (Å²) in [4.78, 5) is 23.1. The van der Waals surface area contributed by atoms with Gasteiger partial charge in [0.1, 0.15) is 5.82 Å². The Bertz CT molecular complexity index is 780. The summed E-state index contributed by atoms with van der Waals surface area (Å²) >= 11 is 5.67. The van der Waals surface area contributed by atoms with Crippen LogP contribution in [0.5, 0.6) is 0 Å². The van der Waals surface area contributed by atoms with Gasteiger partial charge in [0.15, 0.2) is 0 Å². The van der Waals surface area contributed by atoms with E-state index in [9.17, 15) is 14.0 Å². The van der Waals surface area contributed by atoms with Gasteiger partial charge in [-0.3, -0.25) is 9.59 Å². The number of halogens is 2. The maximum Gasteiger partial charge on any atom is 0.243 e. The number of amides is 2. The standard InChI is InChI=1S/C17H17ClFN3O2/c1-10-3-4-12(8-16(10)21-11(2)23)20-9-17(24)22-13-5-6-15(19)14(18)7-13/h3-8,20H,9H2,1-2H3,(H,21,23)(H,22,24). The topological polar surface area (TPSA) is 70.2 Å². The van der Waals surface area contributed by atoms with Crippen molar-refractivity contribution >= 4 is 40.5 Å². The predicted octanol–water partition coefficient (Wildman–Crippen LogP) is 3.80. The van der Waals surface area contributed by atoms with Crippen LogP contribution in [-0.4, -0.2) is 18.4 Å². The minimum absolute atomic E-state index is 0.0115. The van der Waals surface area contributed by atoms with Gasteiger partial charge in [0.05, 0.1) is 11.6 Å². The summed E-state index contributed by atoms with van der Waals surface area (Å²) in [5.74, 6) is -1.02. The van der Waals surface area contributed by atoms with Gasteiger partial charge in [0.25, 0.3) is 0 Å². The molecule has 24 heavy (non-hydrogen) atoms. The number of benzene rings is 2. The molecule has 3 N–H and O–H groups in total. The number of anilines is 3.